The number of allylic oxidation sites excluding steroid dienone is 4. The predicted octanol–water partition coefficient (Wildman–Crippen LogP) is 22.1. The Morgan fingerprint density at radius 3 is 0.992 bits per heavy atom. The van der Waals surface area contributed by atoms with E-state index in [-0.39, 0.29) is 23.0 Å². The molecular weight excluding hydrogens is 1600 g/mol. The number of imidazole rings is 2. The molecular formula is C108H113ClN8O10. The fourth-order valence-electron chi connectivity index (χ4n) is 15.8. The SMILES string of the molecule is CC/C(=C(/c1ccc(O)cc1)c1ccc(OCCNC)cc1)c1ccc2c(c1)ncn2C.CC/C(=C(\c1ccc(O)cc1)c1ccc(OCCNC)cc1)c1ccc2c(c1)ncn2C.CCC(=C(c1ccc(O)cc1)c1ccc(OCCNC)cc1)c1ccc2occc2c1.CNCCOc1ccc(C(=C(CCCl)c2ccc3c(c2)CCO3)c2ccc(O)cc2)cc1. The molecule has 0 fully saturated rings. The van der Waals surface area contributed by atoms with Gasteiger partial charge in [0.25, 0.3) is 0 Å². The topological polar surface area (TPSA) is 224 Å². The normalized spacial score (nSPS) is 12.4. The molecule has 3 aromatic heterocycles. The van der Waals surface area contributed by atoms with Crippen LogP contribution in [0.5, 0.6) is 51.7 Å². The molecule has 0 bridgehead atoms. The summed E-state index contributed by atoms with van der Waals surface area (Å²) in [4.78, 5) is 9.09. The second-order valence-electron chi connectivity index (χ2n) is 30.7. The maximum absolute atomic E-state index is 9.84. The van der Waals surface area contributed by atoms with Gasteiger partial charge in [-0.1, -0.05) is 142 Å². The summed E-state index contributed by atoms with van der Waals surface area (Å²) < 4.78 is 38.5. The lowest BCUT2D eigenvalue weighted by Gasteiger charge is -2.18. The molecule has 0 unspecified atom stereocenters. The third-order valence-electron chi connectivity index (χ3n) is 22.3. The Kier molecular flexibility index (Phi) is 32.5. The molecule has 0 aliphatic carbocycles. The molecule has 0 saturated carbocycles. The number of aryl methyl sites for hydroxylation is 2. The minimum atomic E-state index is 0.245. The number of phenolic OH excluding ortho intramolecular Hbond substituents is 4. The summed E-state index contributed by atoms with van der Waals surface area (Å²) in [6.07, 6.45) is 9.62. The highest BCUT2D eigenvalue weighted by Crippen LogP contribution is 2.43. The van der Waals surface area contributed by atoms with Crippen LogP contribution in [0.25, 0.3) is 77.6 Å². The quantitative estimate of drug-likeness (QED) is 0.0109. The van der Waals surface area contributed by atoms with Gasteiger partial charge in [-0.05, 0) is 322 Å². The molecule has 8 N–H and O–H groups in total. The van der Waals surface area contributed by atoms with Crippen molar-refractivity contribution in [2.75, 3.05) is 93.3 Å². The van der Waals surface area contributed by atoms with E-state index in [1.165, 1.54) is 27.9 Å². The van der Waals surface area contributed by atoms with Gasteiger partial charge in [0.15, 0.2) is 0 Å². The summed E-state index contributed by atoms with van der Waals surface area (Å²) in [5, 5.41) is 52.7. The number of alkyl halides is 1. The van der Waals surface area contributed by atoms with E-state index >= 15 is 0 Å². The van der Waals surface area contributed by atoms with Crippen LogP contribution in [-0.2, 0) is 20.5 Å². The van der Waals surface area contributed by atoms with Gasteiger partial charge in [-0.25, -0.2) is 9.97 Å². The van der Waals surface area contributed by atoms with Crippen LogP contribution in [-0.4, -0.2) is 133 Å². The minimum absolute atomic E-state index is 0.245. The number of fused-ring (bicyclic) bond motifs is 4. The fraction of sp³-hybridized carbons (Fsp3) is 0.222. The Labute approximate surface area is 749 Å². The average Bonchev–Trinajstić information content (AvgIpc) is 1.66. The van der Waals surface area contributed by atoms with Crippen molar-refractivity contribution in [3.8, 4) is 51.7 Å². The molecule has 0 atom stereocenters. The van der Waals surface area contributed by atoms with Gasteiger partial charge in [0.1, 0.15) is 83.8 Å². The van der Waals surface area contributed by atoms with Crippen LogP contribution in [0.15, 0.2) is 296 Å². The van der Waals surface area contributed by atoms with Crippen LogP contribution in [0.4, 0.5) is 0 Å². The molecule has 127 heavy (non-hydrogen) atoms. The van der Waals surface area contributed by atoms with E-state index in [2.05, 4.69) is 167 Å². The number of furan rings is 1. The third kappa shape index (κ3) is 23.5. The number of rotatable bonds is 33. The summed E-state index contributed by atoms with van der Waals surface area (Å²) in [7, 11) is 11.7. The molecule has 1 aliphatic heterocycles. The van der Waals surface area contributed by atoms with E-state index in [1.54, 1.807) is 54.8 Å². The van der Waals surface area contributed by atoms with E-state index in [1.807, 2.05) is 173 Å². The van der Waals surface area contributed by atoms with E-state index in [9.17, 15) is 20.4 Å². The zero-order valence-electron chi connectivity index (χ0n) is 73.7. The number of aromatic nitrogens is 4. The van der Waals surface area contributed by atoms with Gasteiger partial charge >= 0.3 is 0 Å². The number of aromatic hydroxyl groups is 4. The van der Waals surface area contributed by atoms with Crippen molar-refractivity contribution >= 4 is 89.2 Å². The molecule has 19 heteroatoms. The van der Waals surface area contributed by atoms with E-state index < -0.39 is 0 Å². The molecule has 0 saturated heterocycles. The molecule has 0 spiro atoms. The van der Waals surface area contributed by atoms with Crippen LogP contribution >= 0.6 is 11.6 Å². The molecule has 0 amide bonds. The van der Waals surface area contributed by atoms with Crippen molar-refractivity contribution in [3.63, 3.8) is 0 Å². The highest BCUT2D eigenvalue weighted by Gasteiger charge is 2.22. The number of benzene rings is 12. The summed E-state index contributed by atoms with van der Waals surface area (Å²) in [5.41, 5.74) is 28.9. The van der Waals surface area contributed by atoms with Crippen LogP contribution in [0.2, 0.25) is 0 Å². The number of hydrogen-bond donors (Lipinski definition) is 8. The first kappa shape index (κ1) is 91.1. The molecule has 0 radical (unpaired) electrons. The summed E-state index contributed by atoms with van der Waals surface area (Å²) in [5.74, 6) is 5.88. The van der Waals surface area contributed by atoms with Crippen molar-refractivity contribution in [1.29, 1.82) is 0 Å². The molecule has 4 heterocycles. The maximum Gasteiger partial charge on any atom is 0.133 e. The Balaban J connectivity index is 0.000000145. The van der Waals surface area contributed by atoms with E-state index in [0.29, 0.717) is 32.3 Å². The Hall–Kier alpha value is -13.6. The van der Waals surface area contributed by atoms with E-state index in [0.717, 1.165) is 216 Å². The molecule has 15 aromatic rings. The Morgan fingerprint density at radius 2 is 0.661 bits per heavy atom. The average molecular weight is 1720 g/mol. The summed E-state index contributed by atoms with van der Waals surface area (Å²) in [6.45, 7) is 12.9. The zero-order valence-corrected chi connectivity index (χ0v) is 74.5. The summed E-state index contributed by atoms with van der Waals surface area (Å²) in [6, 6.07) is 90.0. The van der Waals surface area contributed by atoms with Crippen molar-refractivity contribution in [2.45, 2.75) is 52.9 Å². The van der Waals surface area contributed by atoms with Crippen LogP contribution in [0, 0.1) is 0 Å². The minimum Gasteiger partial charge on any atom is -0.508 e. The molecule has 652 valence electrons. The van der Waals surface area contributed by atoms with Crippen LogP contribution in [0.3, 0.4) is 0 Å². The lowest BCUT2D eigenvalue weighted by molar-refractivity contribution is 0.318. The first-order chi connectivity index (χ1) is 62.1. The van der Waals surface area contributed by atoms with Crippen molar-refractivity contribution in [1.82, 2.24) is 40.4 Å². The number of likely N-dealkylation sites (N-methyl/N-ethyl adjacent to an activating group) is 4. The van der Waals surface area contributed by atoms with Gasteiger partial charge in [0.2, 0.25) is 0 Å². The standard InChI is InChI=1S/C27H28ClNO3.2C27H29N3O2.C27H27NO3/c1-29-15-17-31-24-9-4-20(5-10-24)27(19-2-7-23(30)8-3-19)25(12-14-28)21-6-11-26-22(18-21)13-16-32-26;2*1-4-24(21-9-14-26-25(17-21)29-18-30(26)3)27(19-5-10-22(31)11-6-19)20-7-12-23(13-8-20)32-16-15-28-2;1-3-25(21-8-13-26-22(18-21)14-16-31-26)27(19-4-9-23(29)10-5-19)20-6-11-24(12-7-20)30-17-15-28-2/h2-11,18,29-30H,12-17H2,1H3;2*5-14,17-18,28,31H,4,15-16H2,1-3H3;4-14,16,18,28-29H,3,15,17H2,1-2H3/b;27-24+;27-24-;. The molecule has 12 aromatic carbocycles. The zero-order chi connectivity index (χ0) is 89.0. The van der Waals surface area contributed by atoms with Gasteiger partial charge in [-0.2, -0.15) is 0 Å². The van der Waals surface area contributed by atoms with Gasteiger partial charge in [-0.15, -0.1) is 11.6 Å². The fourth-order valence-corrected chi connectivity index (χ4v) is 16.0. The Morgan fingerprint density at radius 1 is 0.362 bits per heavy atom. The van der Waals surface area contributed by atoms with Crippen molar-refractivity contribution in [3.05, 3.63) is 364 Å². The van der Waals surface area contributed by atoms with Crippen LogP contribution in [0.1, 0.15) is 119 Å². The Bertz CT molecular complexity index is 6020. The number of ether oxygens (including phenoxy) is 5. The van der Waals surface area contributed by atoms with Gasteiger partial charge in [-0.3, -0.25) is 0 Å². The van der Waals surface area contributed by atoms with Crippen LogP contribution < -0.4 is 45.0 Å². The molecule has 16 rings (SSSR count). The van der Waals surface area contributed by atoms with Crippen molar-refractivity contribution < 1.29 is 48.5 Å². The first-order valence-corrected chi connectivity index (χ1v) is 43.9. The summed E-state index contributed by atoms with van der Waals surface area (Å²) >= 11 is 6.28. The number of nitrogens with zero attached hydrogens (tertiary/aromatic N) is 4. The highest BCUT2D eigenvalue weighted by atomic mass is 35.5. The largest absolute Gasteiger partial charge is 0.508 e. The predicted molar refractivity (Wildman–Crippen MR) is 519 cm³/mol. The second kappa shape index (κ2) is 45.3. The number of phenols is 4. The van der Waals surface area contributed by atoms with Gasteiger partial charge in [0, 0.05) is 58.0 Å². The highest BCUT2D eigenvalue weighted by molar-refractivity contribution is 6.19. The monoisotopic (exact) mass is 1720 g/mol. The lowest BCUT2D eigenvalue weighted by Crippen LogP contribution is -2.15. The molecule has 1 aliphatic rings. The smallest absolute Gasteiger partial charge is 0.133 e. The third-order valence-corrected chi connectivity index (χ3v) is 22.5. The van der Waals surface area contributed by atoms with Crippen molar-refractivity contribution in [2.24, 2.45) is 14.1 Å². The van der Waals surface area contributed by atoms with Gasteiger partial charge < -0.3 is 78.9 Å². The number of hydrogen-bond acceptors (Lipinski definition) is 16. The number of nitrogens with one attached hydrogen (secondary N) is 4. The lowest BCUT2D eigenvalue weighted by atomic mass is 9.87. The second-order valence-corrected chi connectivity index (χ2v) is 31.1. The number of halogens is 1. The maximum atomic E-state index is 9.84. The molecule has 18 nitrogen and oxygen atoms in total. The first-order valence-electron chi connectivity index (χ1n) is 43.3. The van der Waals surface area contributed by atoms with Gasteiger partial charge in [0.05, 0.1) is 47.6 Å². The van der Waals surface area contributed by atoms with E-state index in [4.69, 9.17) is 39.7 Å².